The zero-order chi connectivity index (χ0) is 13.8. The number of nitrogens with one attached hydrogen (secondary N) is 2. The van der Waals surface area contributed by atoms with Gasteiger partial charge in [0.2, 0.25) is 0 Å². The summed E-state index contributed by atoms with van der Waals surface area (Å²) in [6.45, 7) is 1.92. The number of hydrazine groups is 1. The number of aryl methyl sites for hydroxylation is 1. The van der Waals surface area contributed by atoms with E-state index < -0.39 is 5.82 Å². The van der Waals surface area contributed by atoms with Crippen LogP contribution in [-0.4, -0.2) is 9.97 Å². The highest BCUT2D eigenvalue weighted by Gasteiger charge is 2.07. The van der Waals surface area contributed by atoms with Gasteiger partial charge in [0.25, 0.3) is 0 Å². The van der Waals surface area contributed by atoms with Crippen LogP contribution in [-0.2, 0) is 6.42 Å². The zero-order valence-electron chi connectivity index (χ0n) is 10.2. The molecule has 0 saturated carbocycles. The molecule has 0 aliphatic heterocycles. The van der Waals surface area contributed by atoms with Gasteiger partial charge in [0.1, 0.15) is 23.3 Å². The van der Waals surface area contributed by atoms with Crippen LogP contribution < -0.4 is 16.6 Å². The largest absolute Gasteiger partial charge is 0.338 e. The molecule has 0 saturated heterocycles. The minimum Gasteiger partial charge on any atom is -0.338 e. The number of anilines is 3. The summed E-state index contributed by atoms with van der Waals surface area (Å²) in [6.07, 6.45) is 0.646. The molecule has 0 bridgehead atoms. The lowest BCUT2D eigenvalue weighted by Crippen LogP contribution is -2.11. The quantitative estimate of drug-likeness (QED) is 0.593. The van der Waals surface area contributed by atoms with Crippen LogP contribution in [0.1, 0.15) is 12.7 Å². The smallest absolute Gasteiger partial charge is 0.148 e. The van der Waals surface area contributed by atoms with Crippen molar-refractivity contribution >= 4 is 28.9 Å². The number of hydrogen-bond acceptors (Lipinski definition) is 5. The van der Waals surface area contributed by atoms with Crippen molar-refractivity contribution in [3.63, 3.8) is 0 Å². The summed E-state index contributed by atoms with van der Waals surface area (Å²) >= 11 is 5.70. The lowest BCUT2D eigenvalue weighted by Gasteiger charge is -2.10. The first kappa shape index (κ1) is 13.5. The second-order valence-corrected chi connectivity index (χ2v) is 4.24. The minimum absolute atomic E-state index is 0.285. The fraction of sp³-hybridized carbons (Fsp3) is 0.167. The Bertz CT molecular complexity index is 568. The maximum Gasteiger partial charge on any atom is 0.148 e. The Hall–Kier alpha value is -1.92. The molecule has 5 nitrogen and oxygen atoms in total. The number of benzene rings is 1. The second kappa shape index (κ2) is 5.81. The summed E-state index contributed by atoms with van der Waals surface area (Å²) < 4.78 is 13.7. The summed E-state index contributed by atoms with van der Waals surface area (Å²) in [6, 6.07) is 5.96. The molecule has 0 fully saturated rings. The first-order valence-electron chi connectivity index (χ1n) is 5.69. The van der Waals surface area contributed by atoms with E-state index in [0.29, 0.717) is 28.9 Å². The SMILES string of the molecule is CCc1nc(NN)cc(Nc2ccc(Cl)cc2F)n1. The van der Waals surface area contributed by atoms with Gasteiger partial charge in [-0.25, -0.2) is 20.2 Å². The molecular formula is C12H13ClFN5. The highest BCUT2D eigenvalue weighted by atomic mass is 35.5. The first-order valence-corrected chi connectivity index (χ1v) is 6.07. The Kier molecular flexibility index (Phi) is 4.13. The third-order valence-electron chi connectivity index (χ3n) is 2.43. The van der Waals surface area contributed by atoms with E-state index >= 15 is 0 Å². The molecule has 2 aromatic rings. The number of hydrogen-bond donors (Lipinski definition) is 3. The van der Waals surface area contributed by atoms with Crippen LogP contribution in [0.15, 0.2) is 24.3 Å². The van der Waals surface area contributed by atoms with Gasteiger partial charge in [0.05, 0.1) is 5.69 Å². The normalized spacial score (nSPS) is 10.3. The summed E-state index contributed by atoms with van der Waals surface area (Å²) in [4.78, 5) is 8.39. The molecule has 1 heterocycles. The molecule has 7 heteroatoms. The number of nitrogen functional groups attached to an aromatic ring is 1. The maximum atomic E-state index is 13.7. The lowest BCUT2D eigenvalue weighted by molar-refractivity contribution is 0.632. The van der Waals surface area contributed by atoms with E-state index in [1.807, 2.05) is 6.92 Å². The topological polar surface area (TPSA) is 75.9 Å². The molecule has 19 heavy (non-hydrogen) atoms. The maximum absolute atomic E-state index is 13.7. The van der Waals surface area contributed by atoms with Gasteiger partial charge in [-0.15, -0.1) is 0 Å². The van der Waals surface area contributed by atoms with Crippen molar-refractivity contribution in [2.24, 2.45) is 5.84 Å². The van der Waals surface area contributed by atoms with Gasteiger partial charge < -0.3 is 10.7 Å². The van der Waals surface area contributed by atoms with Crippen LogP contribution in [0.4, 0.5) is 21.7 Å². The highest BCUT2D eigenvalue weighted by molar-refractivity contribution is 6.30. The number of rotatable bonds is 4. The third-order valence-corrected chi connectivity index (χ3v) is 2.67. The number of nitrogens with zero attached hydrogens (tertiary/aromatic N) is 2. The summed E-state index contributed by atoms with van der Waals surface area (Å²) in [5.74, 6) is 6.40. The molecule has 2 rings (SSSR count). The van der Waals surface area contributed by atoms with Crippen LogP contribution in [0.5, 0.6) is 0 Å². The van der Waals surface area contributed by atoms with Crippen LogP contribution >= 0.6 is 11.6 Å². The molecule has 0 atom stereocenters. The van der Waals surface area contributed by atoms with E-state index in [-0.39, 0.29) is 5.69 Å². The predicted octanol–water partition coefficient (Wildman–Crippen LogP) is 2.86. The molecular weight excluding hydrogens is 269 g/mol. The van der Waals surface area contributed by atoms with Crippen LogP contribution in [0.2, 0.25) is 5.02 Å². The van der Waals surface area contributed by atoms with Crippen molar-refractivity contribution < 1.29 is 4.39 Å². The molecule has 1 aromatic carbocycles. The number of aromatic nitrogens is 2. The van der Waals surface area contributed by atoms with Gasteiger partial charge in [-0.1, -0.05) is 18.5 Å². The van der Waals surface area contributed by atoms with Crippen LogP contribution in [0.25, 0.3) is 0 Å². The standard InChI is InChI=1S/C12H13ClFN5/c1-2-10-17-11(6-12(18-10)19-15)16-9-4-3-7(13)5-8(9)14/h3-6H,2,15H2,1H3,(H2,16,17,18,19). The number of nitrogens with two attached hydrogens (primary N) is 1. The molecule has 0 unspecified atom stereocenters. The lowest BCUT2D eigenvalue weighted by atomic mass is 10.3. The average Bonchev–Trinajstić information content (AvgIpc) is 2.41. The fourth-order valence-corrected chi connectivity index (χ4v) is 1.68. The molecule has 0 aliphatic rings. The molecule has 0 aliphatic carbocycles. The van der Waals surface area contributed by atoms with E-state index in [9.17, 15) is 4.39 Å². The molecule has 1 aromatic heterocycles. The van der Waals surface area contributed by atoms with Crippen molar-refractivity contribution in [2.45, 2.75) is 13.3 Å². The monoisotopic (exact) mass is 281 g/mol. The zero-order valence-corrected chi connectivity index (χ0v) is 11.0. The van der Waals surface area contributed by atoms with Gasteiger partial charge in [-0.2, -0.15) is 0 Å². The molecule has 0 amide bonds. The van der Waals surface area contributed by atoms with Gasteiger partial charge in [0, 0.05) is 17.5 Å². The van der Waals surface area contributed by atoms with Gasteiger partial charge in [0.15, 0.2) is 0 Å². The number of halogens is 2. The fourth-order valence-electron chi connectivity index (χ4n) is 1.52. The summed E-state index contributed by atoms with van der Waals surface area (Å²) in [5, 5.41) is 3.21. The molecule has 100 valence electrons. The van der Waals surface area contributed by atoms with Crippen LogP contribution in [0.3, 0.4) is 0 Å². The summed E-state index contributed by atoms with van der Waals surface area (Å²) in [7, 11) is 0. The van der Waals surface area contributed by atoms with E-state index in [2.05, 4.69) is 20.7 Å². The van der Waals surface area contributed by atoms with E-state index in [1.165, 1.54) is 6.07 Å². The van der Waals surface area contributed by atoms with E-state index in [0.717, 1.165) is 0 Å². The first-order chi connectivity index (χ1) is 9.12. The Balaban J connectivity index is 2.31. The van der Waals surface area contributed by atoms with Crippen LogP contribution in [0, 0.1) is 5.82 Å². The van der Waals surface area contributed by atoms with Crippen molar-refractivity contribution in [3.05, 3.63) is 40.9 Å². The van der Waals surface area contributed by atoms with E-state index in [4.69, 9.17) is 17.4 Å². The van der Waals surface area contributed by atoms with Crippen molar-refractivity contribution in [1.29, 1.82) is 0 Å². The third kappa shape index (κ3) is 3.30. The highest BCUT2D eigenvalue weighted by Crippen LogP contribution is 2.23. The molecule has 0 spiro atoms. The molecule has 0 radical (unpaired) electrons. The Morgan fingerprint density at radius 1 is 1.26 bits per heavy atom. The van der Waals surface area contributed by atoms with Crippen molar-refractivity contribution in [3.8, 4) is 0 Å². The Morgan fingerprint density at radius 3 is 2.63 bits per heavy atom. The Labute approximate surface area is 115 Å². The van der Waals surface area contributed by atoms with E-state index in [1.54, 1.807) is 18.2 Å². The van der Waals surface area contributed by atoms with Gasteiger partial charge >= 0.3 is 0 Å². The molecule has 4 N–H and O–H groups in total. The second-order valence-electron chi connectivity index (χ2n) is 3.80. The predicted molar refractivity (Wildman–Crippen MR) is 73.9 cm³/mol. The summed E-state index contributed by atoms with van der Waals surface area (Å²) in [5.41, 5.74) is 2.73. The van der Waals surface area contributed by atoms with Crippen molar-refractivity contribution in [1.82, 2.24) is 9.97 Å². The van der Waals surface area contributed by atoms with Crippen molar-refractivity contribution in [2.75, 3.05) is 10.7 Å². The minimum atomic E-state index is -0.452. The Morgan fingerprint density at radius 2 is 2.00 bits per heavy atom. The van der Waals surface area contributed by atoms with Gasteiger partial charge in [-0.05, 0) is 18.2 Å². The van der Waals surface area contributed by atoms with Gasteiger partial charge in [-0.3, -0.25) is 0 Å². The average molecular weight is 282 g/mol.